The lowest BCUT2D eigenvalue weighted by molar-refractivity contribution is 0.491. The molecule has 0 saturated carbocycles. The summed E-state index contributed by atoms with van der Waals surface area (Å²) < 4.78 is 28.9. The van der Waals surface area contributed by atoms with Crippen LogP contribution in [0.15, 0.2) is 114 Å². The maximum Gasteiger partial charge on any atom is 0.278 e. The van der Waals surface area contributed by atoms with Crippen molar-refractivity contribution in [2.75, 3.05) is 7.05 Å². The number of sulfonamides is 1. The first kappa shape index (κ1) is 21.5. The molecule has 0 atom stereocenters. The predicted octanol–water partition coefficient (Wildman–Crippen LogP) is 4.72. The van der Waals surface area contributed by atoms with Gasteiger partial charge in [0.15, 0.2) is 0 Å². The molecule has 8 heteroatoms. The first-order valence-corrected chi connectivity index (χ1v) is 12.0. The van der Waals surface area contributed by atoms with Crippen molar-refractivity contribution in [3.05, 3.63) is 109 Å². The molecule has 0 aliphatic carbocycles. The Hall–Kier alpha value is -4.30. The van der Waals surface area contributed by atoms with Crippen molar-refractivity contribution in [3.63, 3.8) is 0 Å². The van der Waals surface area contributed by atoms with E-state index in [9.17, 15) is 8.42 Å². The summed E-state index contributed by atoms with van der Waals surface area (Å²) in [7, 11) is -2.38. The van der Waals surface area contributed by atoms with Gasteiger partial charge in [0.25, 0.3) is 10.0 Å². The second kappa shape index (κ2) is 8.92. The minimum absolute atomic E-state index is 0.170. The summed E-state index contributed by atoms with van der Waals surface area (Å²) in [6.45, 7) is 0. The summed E-state index contributed by atoms with van der Waals surface area (Å²) in [6, 6.07) is 24.3. The number of nitrogens with zero attached hydrogens (tertiary/aromatic N) is 5. The fourth-order valence-corrected chi connectivity index (χ4v) is 4.56. The monoisotopic (exact) mass is 467 g/mol. The van der Waals surface area contributed by atoms with Gasteiger partial charge in [-0.1, -0.05) is 48.5 Å². The van der Waals surface area contributed by atoms with Crippen molar-refractivity contribution >= 4 is 21.9 Å². The number of pyridine rings is 2. The van der Waals surface area contributed by atoms with Crippen LogP contribution < -0.4 is 0 Å². The van der Waals surface area contributed by atoms with E-state index >= 15 is 0 Å². The average Bonchev–Trinajstić information content (AvgIpc) is 3.30. The molecule has 0 aliphatic heterocycles. The first-order valence-electron chi connectivity index (χ1n) is 10.6. The highest BCUT2D eigenvalue weighted by Gasteiger charge is 2.19. The van der Waals surface area contributed by atoms with Crippen molar-refractivity contribution in [2.45, 2.75) is 4.90 Å². The Morgan fingerprint density at radius 1 is 0.824 bits per heavy atom. The Labute approximate surface area is 197 Å². The first-order chi connectivity index (χ1) is 16.5. The van der Waals surface area contributed by atoms with E-state index in [2.05, 4.69) is 15.1 Å². The number of fused-ring (bicyclic) bond motifs is 1. The van der Waals surface area contributed by atoms with E-state index in [0.717, 1.165) is 32.3 Å². The van der Waals surface area contributed by atoms with Crippen molar-refractivity contribution in [2.24, 2.45) is 5.10 Å². The van der Waals surface area contributed by atoms with Gasteiger partial charge in [0.05, 0.1) is 23.0 Å². The normalized spacial score (nSPS) is 11.8. The fraction of sp³-hybridized carbons (Fsp3) is 0.0385. The van der Waals surface area contributed by atoms with Gasteiger partial charge >= 0.3 is 0 Å². The van der Waals surface area contributed by atoms with Crippen molar-refractivity contribution < 1.29 is 8.42 Å². The lowest BCUT2D eigenvalue weighted by Crippen LogP contribution is -2.22. The summed E-state index contributed by atoms with van der Waals surface area (Å²) in [5.41, 5.74) is 5.29. The van der Waals surface area contributed by atoms with E-state index in [-0.39, 0.29) is 4.90 Å². The van der Waals surface area contributed by atoms with Crippen LogP contribution in [0.4, 0.5) is 0 Å². The van der Waals surface area contributed by atoms with Gasteiger partial charge in [-0.25, -0.2) is 4.98 Å². The number of imidazole rings is 1. The number of rotatable bonds is 6. The standard InChI is InChI=1S/C26H21N5O2S/c1-30(34(32,33)25-12-9-21(10-13-25)20-6-3-2-4-7-20)29-18-24-17-28-26-14-11-23(19-31(24)26)22-8-5-15-27-16-22/h2-19H,1H3. The van der Waals surface area contributed by atoms with Gasteiger partial charge in [-0.2, -0.15) is 17.9 Å². The topological polar surface area (TPSA) is 79.9 Å². The Balaban J connectivity index is 1.39. The molecule has 0 spiro atoms. The largest absolute Gasteiger partial charge is 0.298 e. The molecule has 0 aliphatic rings. The lowest BCUT2D eigenvalue weighted by atomic mass is 10.1. The summed E-state index contributed by atoms with van der Waals surface area (Å²) in [5.74, 6) is 0. The van der Waals surface area contributed by atoms with Crippen molar-refractivity contribution in [1.82, 2.24) is 18.8 Å². The molecule has 168 valence electrons. The second-order valence-corrected chi connectivity index (χ2v) is 9.59. The van der Waals surface area contributed by atoms with E-state index in [1.165, 1.54) is 13.3 Å². The summed E-state index contributed by atoms with van der Waals surface area (Å²) >= 11 is 0. The SMILES string of the molecule is CN(N=Cc1cnc2ccc(-c3cccnc3)cn12)S(=O)(=O)c1ccc(-c2ccccc2)cc1. The van der Waals surface area contributed by atoms with Crippen LogP contribution in [0, 0.1) is 0 Å². The van der Waals surface area contributed by atoms with Gasteiger partial charge in [0.2, 0.25) is 0 Å². The molecule has 5 rings (SSSR count). The smallest absolute Gasteiger partial charge is 0.278 e. The predicted molar refractivity (Wildman–Crippen MR) is 133 cm³/mol. The zero-order valence-electron chi connectivity index (χ0n) is 18.4. The molecule has 0 radical (unpaired) electrons. The summed E-state index contributed by atoms with van der Waals surface area (Å²) in [4.78, 5) is 8.71. The molecule has 34 heavy (non-hydrogen) atoms. The second-order valence-electron chi connectivity index (χ2n) is 7.65. The Kier molecular flexibility index (Phi) is 5.65. The van der Waals surface area contributed by atoms with Crippen LogP contribution in [-0.4, -0.2) is 40.5 Å². The van der Waals surface area contributed by atoms with E-state index in [1.807, 2.05) is 65.2 Å². The quantitative estimate of drug-likeness (QED) is 0.267. The van der Waals surface area contributed by atoms with Crippen LogP contribution in [0.1, 0.15) is 5.69 Å². The maximum atomic E-state index is 13.0. The Bertz CT molecular complexity index is 1560. The number of aromatic nitrogens is 3. The summed E-state index contributed by atoms with van der Waals surface area (Å²) in [5, 5.41) is 4.19. The van der Waals surface area contributed by atoms with Gasteiger partial charge < -0.3 is 0 Å². The highest BCUT2D eigenvalue weighted by Crippen LogP contribution is 2.23. The van der Waals surface area contributed by atoms with Crippen LogP contribution in [0.25, 0.3) is 27.9 Å². The Morgan fingerprint density at radius 2 is 1.53 bits per heavy atom. The number of benzene rings is 2. The molecule has 2 aromatic carbocycles. The molecule has 0 N–H and O–H groups in total. The number of hydrogen-bond acceptors (Lipinski definition) is 5. The molecule has 0 amide bonds. The molecule has 0 saturated heterocycles. The van der Waals surface area contributed by atoms with Crippen LogP contribution in [0.3, 0.4) is 0 Å². The van der Waals surface area contributed by atoms with Gasteiger partial charge in [-0.15, -0.1) is 0 Å². The third-order valence-corrected chi connectivity index (χ3v) is 7.15. The van der Waals surface area contributed by atoms with Crippen LogP contribution in [-0.2, 0) is 10.0 Å². The number of hydrogen-bond donors (Lipinski definition) is 0. The van der Waals surface area contributed by atoms with Crippen LogP contribution in [0.5, 0.6) is 0 Å². The fourth-order valence-electron chi connectivity index (χ4n) is 3.60. The highest BCUT2D eigenvalue weighted by molar-refractivity contribution is 7.89. The minimum Gasteiger partial charge on any atom is -0.298 e. The average molecular weight is 468 g/mol. The molecule has 3 heterocycles. The lowest BCUT2D eigenvalue weighted by Gasteiger charge is -2.14. The molecule has 3 aromatic heterocycles. The molecule has 0 fully saturated rings. The van der Waals surface area contributed by atoms with Gasteiger partial charge in [-0.05, 0) is 41.5 Å². The van der Waals surface area contributed by atoms with Crippen LogP contribution in [0.2, 0.25) is 0 Å². The molecular weight excluding hydrogens is 446 g/mol. The maximum absolute atomic E-state index is 13.0. The van der Waals surface area contributed by atoms with Crippen molar-refractivity contribution in [1.29, 1.82) is 0 Å². The Morgan fingerprint density at radius 3 is 2.26 bits per heavy atom. The van der Waals surface area contributed by atoms with Crippen molar-refractivity contribution in [3.8, 4) is 22.3 Å². The zero-order valence-corrected chi connectivity index (χ0v) is 19.2. The third kappa shape index (κ3) is 4.18. The van der Waals surface area contributed by atoms with Gasteiger partial charge in [-0.3, -0.25) is 9.38 Å². The molecule has 0 unspecified atom stereocenters. The molecule has 5 aromatic rings. The van der Waals surface area contributed by atoms with Gasteiger partial charge in [0.1, 0.15) is 5.65 Å². The molecule has 0 bridgehead atoms. The van der Waals surface area contributed by atoms with Gasteiger partial charge in [0, 0.05) is 36.8 Å². The number of hydrazone groups is 1. The van der Waals surface area contributed by atoms with E-state index in [4.69, 9.17) is 0 Å². The summed E-state index contributed by atoms with van der Waals surface area (Å²) in [6.07, 6.45) is 8.58. The van der Waals surface area contributed by atoms with E-state index < -0.39 is 10.0 Å². The van der Waals surface area contributed by atoms with E-state index in [1.54, 1.807) is 42.9 Å². The van der Waals surface area contributed by atoms with E-state index in [0.29, 0.717) is 5.69 Å². The third-order valence-electron chi connectivity index (χ3n) is 5.49. The minimum atomic E-state index is -3.80. The molecular formula is C26H21N5O2S. The van der Waals surface area contributed by atoms with Crippen LogP contribution >= 0.6 is 0 Å². The zero-order chi connectivity index (χ0) is 23.5. The molecule has 7 nitrogen and oxygen atoms in total. The highest BCUT2D eigenvalue weighted by atomic mass is 32.2.